The van der Waals surface area contributed by atoms with Crippen molar-refractivity contribution in [1.82, 2.24) is 20.0 Å². The second-order valence-corrected chi connectivity index (χ2v) is 12.6. The molecule has 210 valence electrons. The molecular weight excluding hydrogens is 516 g/mol. The number of carbonyl (C=O) groups is 3. The lowest BCUT2D eigenvalue weighted by molar-refractivity contribution is -0.134. The van der Waals surface area contributed by atoms with Crippen molar-refractivity contribution in [2.75, 3.05) is 24.5 Å². The molecule has 9 heteroatoms. The van der Waals surface area contributed by atoms with Gasteiger partial charge in [-0.2, -0.15) is 9.78 Å². The average Bonchev–Trinajstić information content (AvgIpc) is 3.54. The molecule has 2 aromatic carbocycles. The molecule has 0 radical (unpaired) electrons. The molecule has 3 aliphatic heterocycles. The predicted octanol–water partition coefficient (Wildman–Crippen LogP) is 4.25. The van der Waals surface area contributed by atoms with Crippen molar-refractivity contribution in [2.24, 2.45) is 5.41 Å². The van der Waals surface area contributed by atoms with Gasteiger partial charge in [-0.3, -0.25) is 29.4 Å². The number of carbonyl (C=O) groups excluding carboxylic acids is 3. The van der Waals surface area contributed by atoms with Gasteiger partial charge in [-0.25, -0.2) is 6.57 Å². The van der Waals surface area contributed by atoms with Crippen LogP contribution in [0, 0.1) is 12.0 Å². The van der Waals surface area contributed by atoms with Gasteiger partial charge in [0, 0.05) is 49.6 Å². The van der Waals surface area contributed by atoms with E-state index in [1.54, 1.807) is 11.0 Å². The van der Waals surface area contributed by atoms with E-state index in [4.69, 9.17) is 6.57 Å². The molecule has 1 atom stereocenters. The summed E-state index contributed by atoms with van der Waals surface area (Å²) in [4.78, 5) is 46.0. The fraction of sp³-hybridized carbons (Fsp3) is 0.469. The van der Waals surface area contributed by atoms with Crippen LogP contribution in [0.4, 0.5) is 5.69 Å². The summed E-state index contributed by atoms with van der Waals surface area (Å²) in [5.41, 5.74) is 3.16. The van der Waals surface area contributed by atoms with E-state index in [0.29, 0.717) is 29.5 Å². The fourth-order valence-electron chi connectivity index (χ4n) is 7.30. The number of hydrogen-bond donors (Lipinski definition) is 1. The number of hydrogen-bond acceptors (Lipinski definition) is 5. The average molecular weight is 551 g/mol. The lowest BCUT2D eigenvalue weighted by Gasteiger charge is -2.44. The van der Waals surface area contributed by atoms with Gasteiger partial charge >= 0.3 is 5.66 Å². The highest BCUT2D eigenvalue weighted by atomic mass is 16.2. The summed E-state index contributed by atoms with van der Waals surface area (Å²) < 4.78 is 1.88. The highest BCUT2D eigenvalue weighted by molar-refractivity contribution is 6.27. The first-order valence-electron chi connectivity index (χ1n) is 14.7. The molecule has 3 amide bonds. The van der Waals surface area contributed by atoms with Crippen LogP contribution >= 0.6 is 0 Å². The number of amides is 3. The maximum absolute atomic E-state index is 13.5. The van der Waals surface area contributed by atoms with Crippen LogP contribution in [0.15, 0.2) is 42.7 Å². The molecule has 1 aromatic heterocycles. The molecule has 9 nitrogen and oxygen atoms in total. The first-order chi connectivity index (χ1) is 19.8. The van der Waals surface area contributed by atoms with Crippen LogP contribution in [0.2, 0.25) is 0 Å². The minimum atomic E-state index is -0.701. The first-order valence-corrected chi connectivity index (χ1v) is 14.7. The molecule has 3 aromatic rings. The Morgan fingerprint density at radius 2 is 1.90 bits per heavy atom. The first kappa shape index (κ1) is 25.9. The largest absolute Gasteiger partial charge is 0.327 e. The zero-order valence-corrected chi connectivity index (χ0v) is 23.4. The Morgan fingerprint density at radius 1 is 1.10 bits per heavy atom. The molecule has 2 saturated heterocycles. The van der Waals surface area contributed by atoms with E-state index in [0.717, 1.165) is 54.4 Å². The molecule has 1 unspecified atom stereocenters. The smallest absolute Gasteiger partial charge is 0.302 e. The van der Waals surface area contributed by atoms with E-state index < -0.39 is 17.6 Å². The zero-order valence-electron chi connectivity index (χ0n) is 23.4. The zero-order chi connectivity index (χ0) is 28.4. The normalized spacial score (nSPS) is 23.4. The predicted molar refractivity (Wildman–Crippen MR) is 154 cm³/mol. The van der Waals surface area contributed by atoms with Crippen molar-refractivity contribution in [3.63, 3.8) is 0 Å². The molecule has 1 saturated carbocycles. The topological polar surface area (TPSA) is 91.9 Å². The minimum Gasteiger partial charge on any atom is -0.302 e. The molecule has 4 aliphatic rings. The molecule has 41 heavy (non-hydrogen) atoms. The fourth-order valence-corrected chi connectivity index (χ4v) is 7.30. The van der Waals surface area contributed by atoms with Crippen molar-refractivity contribution < 1.29 is 14.4 Å². The number of anilines is 1. The summed E-state index contributed by atoms with van der Waals surface area (Å²) >= 11 is 0. The third kappa shape index (κ3) is 4.24. The molecule has 0 bridgehead atoms. The molecule has 7 rings (SSSR count). The van der Waals surface area contributed by atoms with Gasteiger partial charge < -0.3 is 4.90 Å². The summed E-state index contributed by atoms with van der Waals surface area (Å²) in [5.74, 6) is -0.935. The monoisotopic (exact) mass is 550 g/mol. The van der Waals surface area contributed by atoms with Crippen molar-refractivity contribution in [3.05, 3.63) is 70.8 Å². The van der Waals surface area contributed by atoms with Gasteiger partial charge in [-0.05, 0) is 53.3 Å². The van der Waals surface area contributed by atoms with E-state index >= 15 is 0 Å². The lowest BCUT2D eigenvalue weighted by Crippen LogP contribution is -2.53. The van der Waals surface area contributed by atoms with Crippen molar-refractivity contribution >= 4 is 34.2 Å². The highest BCUT2D eigenvalue weighted by Gasteiger charge is 2.45. The standard InChI is InChI=1S/C32H34N6O3/c1-31(11-4-12-31)20-36-15-13-32(33-2,14-16-36)37-19-21(18-34-37)17-22-7-8-25-28-23(22)5-3-6-24(28)30(41)38(25)26-9-10-27(39)35-29(26)40/h3,5-8,18-19,26H,4,9-17,20H2,1H3,(H,35,39,40). The van der Waals surface area contributed by atoms with Crippen LogP contribution in [-0.2, 0) is 21.7 Å². The van der Waals surface area contributed by atoms with E-state index in [-0.39, 0.29) is 18.2 Å². The van der Waals surface area contributed by atoms with Gasteiger partial charge in [0.15, 0.2) is 0 Å². The molecule has 1 aliphatic carbocycles. The number of nitrogens with zero attached hydrogens (tertiary/aromatic N) is 5. The molecule has 1 N–H and O–H groups in total. The van der Waals surface area contributed by atoms with Gasteiger partial charge in [-0.1, -0.05) is 31.5 Å². The van der Waals surface area contributed by atoms with Gasteiger partial charge in [0.1, 0.15) is 6.04 Å². The number of imide groups is 1. The van der Waals surface area contributed by atoms with Crippen LogP contribution in [0.1, 0.15) is 73.4 Å². The quantitative estimate of drug-likeness (QED) is 0.366. The number of rotatable bonds is 6. The van der Waals surface area contributed by atoms with Crippen LogP contribution in [0.25, 0.3) is 15.6 Å². The van der Waals surface area contributed by atoms with Crippen LogP contribution in [-0.4, -0.2) is 58.1 Å². The Balaban J connectivity index is 1.12. The Bertz CT molecular complexity index is 1620. The van der Waals surface area contributed by atoms with E-state index in [9.17, 15) is 14.4 Å². The molecule has 0 spiro atoms. The summed E-state index contributed by atoms with van der Waals surface area (Å²) in [6.45, 7) is 13.4. The Hall–Kier alpha value is -4.03. The second-order valence-electron chi connectivity index (χ2n) is 12.6. The number of nitrogens with one attached hydrogen (secondary N) is 1. The van der Waals surface area contributed by atoms with Crippen molar-refractivity contribution in [2.45, 2.75) is 70.0 Å². The van der Waals surface area contributed by atoms with Gasteiger partial charge in [0.25, 0.3) is 5.91 Å². The summed E-state index contributed by atoms with van der Waals surface area (Å²) in [6.07, 6.45) is 10.5. The molecule has 3 fully saturated rings. The molecule has 4 heterocycles. The minimum absolute atomic E-state index is 0.207. The van der Waals surface area contributed by atoms with E-state index in [1.807, 2.05) is 41.3 Å². The third-order valence-electron chi connectivity index (χ3n) is 9.83. The maximum Gasteiger partial charge on any atom is 0.327 e. The van der Waals surface area contributed by atoms with Crippen LogP contribution < -0.4 is 10.2 Å². The Kier molecular flexibility index (Phi) is 6.02. The van der Waals surface area contributed by atoms with Gasteiger partial charge in [-0.15, -0.1) is 0 Å². The van der Waals surface area contributed by atoms with Crippen LogP contribution in [0.5, 0.6) is 0 Å². The number of piperidine rings is 2. The highest BCUT2D eigenvalue weighted by Crippen LogP contribution is 2.43. The van der Waals surface area contributed by atoms with Crippen LogP contribution in [0.3, 0.4) is 0 Å². The summed E-state index contributed by atoms with van der Waals surface area (Å²) in [6, 6.07) is 8.93. The van der Waals surface area contributed by atoms with Gasteiger partial charge in [0.05, 0.1) is 24.7 Å². The van der Waals surface area contributed by atoms with E-state index in [2.05, 4.69) is 27.1 Å². The number of aromatic nitrogens is 2. The number of likely N-dealkylation sites (tertiary alicyclic amines) is 1. The Labute approximate surface area is 239 Å². The second kappa shape index (κ2) is 9.52. The third-order valence-corrected chi connectivity index (χ3v) is 9.83. The van der Waals surface area contributed by atoms with E-state index in [1.165, 1.54) is 19.3 Å². The summed E-state index contributed by atoms with van der Waals surface area (Å²) in [7, 11) is 0. The van der Waals surface area contributed by atoms with Crippen molar-refractivity contribution in [3.8, 4) is 0 Å². The van der Waals surface area contributed by atoms with Crippen molar-refractivity contribution in [1.29, 1.82) is 0 Å². The maximum atomic E-state index is 13.5. The lowest BCUT2D eigenvalue weighted by atomic mass is 9.70. The molecular formula is C32H34N6O3. The van der Waals surface area contributed by atoms with Gasteiger partial charge in [0.2, 0.25) is 11.8 Å². The number of benzene rings is 2. The SMILES string of the molecule is [C-]#[N+]C1(n2cc(Cc3ccc4c5c(cccc35)C(=O)N4C3CCC(=O)NC3=O)cn2)CCN(CC2(C)CCC2)CC1. The Morgan fingerprint density at radius 3 is 2.61 bits per heavy atom. The summed E-state index contributed by atoms with van der Waals surface area (Å²) in [5, 5.41) is 8.87.